The van der Waals surface area contributed by atoms with Crippen molar-refractivity contribution in [3.8, 4) is 0 Å². The number of amides is 1. The van der Waals surface area contributed by atoms with Gasteiger partial charge in [0, 0.05) is 10.8 Å². The van der Waals surface area contributed by atoms with Crippen molar-refractivity contribution in [1.29, 1.82) is 0 Å². The second-order valence-electron chi connectivity index (χ2n) is 9.12. The number of aliphatic hydroxyl groups is 1. The number of ketones is 1. The summed E-state index contributed by atoms with van der Waals surface area (Å²) in [6, 6.07) is 20.1. The lowest BCUT2D eigenvalue weighted by Gasteiger charge is -2.25. The number of nitrogens with zero attached hydrogens (tertiary/aromatic N) is 4. The van der Waals surface area contributed by atoms with Crippen LogP contribution in [0.15, 0.2) is 82.4 Å². The first kappa shape index (κ1) is 26.6. The van der Waals surface area contributed by atoms with Gasteiger partial charge in [0.1, 0.15) is 0 Å². The Balaban J connectivity index is 1.44. The van der Waals surface area contributed by atoms with E-state index in [0.29, 0.717) is 31.2 Å². The van der Waals surface area contributed by atoms with Gasteiger partial charge in [0.2, 0.25) is 10.9 Å². The highest BCUT2D eigenvalue weighted by Crippen LogP contribution is 2.46. The topological polar surface area (TPSA) is 96.3 Å². The van der Waals surface area contributed by atoms with E-state index in [4.69, 9.17) is 11.6 Å². The molecule has 40 heavy (non-hydrogen) atoms. The lowest BCUT2D eigenvalue weighted by molar-refractivity contribution is -0.117. The fourth-order valence-electron chi connectivity index (χ4n) is 4.80. The quantitative estimate of drug-likeness (QED) is 0.117. The second kappa shape index (κ2) is 10.8. The summed E-state index contributed by atoms with van der Waals surface area (Å²) in [7, 11) is 0. The number of carbonyl (C=O) groups is 2. The van der Waals surface area contributed by atoms with E-state index in [1.165, 1.54) is 39.3 Å². The molecule has 0 radical (unpaired) electrons. The van der Waals surface area contributed by atoms with E-state index in [1.54, 1.807) is 6.92 Å². The largest absolute Gasteiger partial charge is 0.503 e. The van der Waals surface area contributed by atoms with Crippen LogP contribution in [0.25, 0.3) is 10.8 Å². The molecule has 2 aromatic heterocycles. The number of aryl methyl sites for hydroxylation is 2. The molecule has 1 atom stereocenters. The van der Waals surface area contributed by atoms with Crippen LogP contribution in [0, 0.1) is 13.8 Å². The molecule has 0 saturated carbocycles. The van der Waals surface area contributed by atoms with E-state index in [9.17, 15) is 14.7 Å². The smallest absolute Gasteiger partial charge is 0.296 e. The van der Waals surface area contributed by atoms with E-state index in [0.717, 1.165) is 21.3 Å². The third-order valence-electron chi connectivity index (χ3n) is 6.59. The molecule has 1 aliphatic rings. The van der Waals surface area contributed by atoms with Crippen LogP contribution >= 0.6 is 46.0 Å². The lowest BCUT2D eigenvalue weighted by Crippen LogP contribution is -2.31. The third-order valence-corrected chi connectivity index (χ3v) is 10.1. The van der Waals surface area contributed by atoms with Crippen LogP contribution in [-0.2, 0) is 10.5 Å². The van der Waals surface area contributed by atoms with E-state index >= 15 is 0 Å². The van der Waals surface area contributed by atoms with Gasteiger partial charge in [0.25, 0.3) is 5.91 Å². The van der Waals surface area contributed by atoms with Gasteiger partial charge in [-0.25, -0.2) is 4.98 Å². The van der Waals surface area contributed by atoms with Gasteiger partial charge in [-0.15, -0.1) is 21.5 Å². The molecule has 200 valence electrons. The van der Waals surface area contributed by atoms with Crippen molar-refractivity contribution >= 4 is 73.6 Å². The fraction of sp³-hybridized carbons (Fsp3) is 0.138. The Labute approximate surface area is 247 Å². The molecule has 1 N–H and O–H groups in total. The number of thiazole rings is 1. The predicted octanol–water partition coefficient (Wildman–Crippen LogP) is 7.49. The third kappa shape index (κ3) is 4.71. The Morgan fingerprint density at radius 2 is 1.77 bits per heavy atom. The van der Waals surface area contributed by atoms with Gasteiger partial charge in [0.05, 0.1) is 27.2 Å². The second-order valence-corrected chi connectivity index (χ2v) is 12.9. The molecule has 0 aliphatic carbocycles. The highest BCUT2D eigenvalue weighted by Gasteiger charge is 2.47. The summed E-state index contributed by atoms with van der Waals surface area (Å²) in [6.07, 6.45) is 0. The van der Waals surface area contributed by atoms with Gasteiger partial charge in [-0.1, -0.05) is 95.4 Å². The van der Waals surface area contributed by atoms with E-state index in [-0.39, 0.29) is 10.7 Å². The van der Waals surface area contributed by atoms with Gasteiger partial charge in [-0.05, 0) is 41.8 Å². The first-order chi connectivity index (χ1) is 19.3. The zero-order valence-corrected chi connectivity index (χ0v) is 24.5. The van der Waals surface area contributed by atoms with Crippen LogP contribution in [0.3, 0.4) is 0 Å². The summed E-state index contributed by atoms with van der Waals surface area (Å²) >= 11 is 10.2. The molecule has 3 heterocycles. The normalized spacial score (nSPS) is 15.4. The van der Waals surface area contributed by atoms with Crippen molar-refractivity contribution in [3.63, 3.8) is 0 Å². The van der Waals surface area contributed by atoms with Crippen LogP contribution in [0.2, 0.25) is 5.02 Å². The zero-order chi connectivity index (χ0) is 28.0. The fourth-order valence-corrected chi connectivity index (χ4v) is 7.82. The number of halogens is 1. The maximum Gasteiger partial charge on any atom is 0.296 e. The summed E-state index contributed by atoms with van der Waals surface area (Å²) in [5, 5.41) is 23.3. The Morgan fingerprint density at radius 3 is 2.55 bits per heavy atom. The Hall–Kier alpha value is -3.57. The number of hydrogen-bond acceptors (Lipinski definition) is 9. The summed E-state index contributed by atoms with van der Waals surface area (Å²) in [4.78, 5) is 33.8. The highest BCUT2D eigenvalue weighted by atomic mass is 35.5. The van der Waals surface area contributed by atoms with Crippen molar-refractivity contribution in [3.05, 3.63) is 110 Å². The SMILES string of the molecule is Cc1nc(C)c(C(=O)C2=C(O)C(=O)N(c3nnc(SCc4ccccc4Cl)s3)C2c2cccc3ccccc23)s1. The summed E-state index contributed by atoms with van der Waals surface area (Å²) in [5.74, 6) is -1.13. The number of anilines is 1. The van der Waals surface area contributed by atoms with Gasteiger partial charge in [-0.2, -0.15) is 0 Å². The zero-order valence-electron chi connectivity index (χ0n) is 21.3. The van der Waals surface area contributed by atoms with Crippen molar-refractivity contribution in [2.75, 3.05) is 4.90 Å². The summed E-state index contributed by atoms with van der Waals surface area (Å²) < 4.78 is 0.632. The lowest BCUT2D eigenvalue weighted by atomic mass is 9.91. The van der Waals surface area contributed by atoms with Gasteiger partial charge >= 0.3 is 0 Å². The van der Waals surface area contributed by atoms with Crippen LogP contribution in [-0.4, -0.2) is 32.0 Å². The van der Waals surface area contributed by atoms with Gasteiger partial charge < -0.3 is 5.11 Å². The van der Waals surface area contributed by atoms with Crippen LogP contribution in [0.5, 0.6) is 0 Å². The number of rotatable bonds is 7. The number of aromatic nitrogens is 3. The van der Waals surface area contributed by atoms with Crippen molar-refractivity contribution in [2.45, 2.75) is 30.0 Å². The molecular weight excluding hydrogens is 584 g/mol. The van der Waals surface area contributed by atoms with Gasteiger partial charge in [0.15, 0.2) is 10.1 Å². The standard InChI is InChI=1S/C29H21ClN4O3S3/c1-15-26(39-16(2)31-15)24(35)22-23(20-12-7-10-17-8-3-5-11-19(17)20)34(27(37)25(22)36)28-32-33-29(40-28)38-14-18-9-4-6-13-21(18)30/h3-13,23,36H,14H2,1-2H3. The molecule has 6 rings (SSSR count). The number of hydrogen-bond donors (Lipinski definition) is 1. The van der Waals surface area contributed by atoms with Crippen molar-refractivity contribution in [1.82, 2.24) is 15.2 Å². The van der Waals surface area contributed by atoms with Crippen LogP contribution in [0.4, 0.5) is 5.13 Å². The first-order valence-corrected chi connectivity index (χ1v) is 15.3. The highest BCUT2D eigenvalue weighted by molar-refractivity contribution is 8.00. The number of fused-ring (bicyclic) bond motifs is 1. The van der Waals surface area contributed by atoms with E-state index in [1.807, 2.05) is 73.7 Å². The molecule has 0 bridgehead atoms. The minimum absolute atomic E-state index is 0.00794. The average Bonchev–Trinajstić information content (AvgIpc) is 3.63. The minimum Gasteiger partial charge on any atom is -0.503 e. The minimum atomic E-state index is -0.901. The summed E-state index contributed by atoms with van der Waals surface area (Å²) in [6.45, 7) is 3.57. The molecular formula is C29H21ClN4O3S3. The molecule has 11 heteroatoms. The molecule has 0 saturated heterocycles. The monoisotopic (exact) mass is 604 g/mol. The molecule has 5 aromatic rings. The number of aliphatic hydroxyl groups excluding tert-OH is 1. The Bertz CT molecular complexity index is 1820. The van der Waals surface area contributed by atoms with Crippen LogP contribution in [0.1, 0.15) is 37.5 Å². The van der Waals surface area contributed by atoms with Gasteiger partial charge in [-0.3, -0.25) is 14.5 Å². The number of Topliss-reactive ketones (excluding diaryl/α,β-unsaturated/α-hetero) is 1. The Kier molecular flexibility index (Phi) is 7.18. The average molecular weight is 605 g/mol. The molecule has 0 fully saturated rings. The molecule has 1 aliphatic heterocycles. The molecule has 0 spiro atoms. The maximum atomic E-state index is 14.0. The number of thioether (sulfide) groups is 1. The molecule has 3 aromatic carbocycles. The molecule has 1 amide bonds. The van der Waals surface area contributed by atoms with E-state index < -0.39 is 23.5 Å². The van der Waals surface area contributed by atoms with E-state index in [2.05, 4.69) is 15.2 Å². The van der Waals surface area contributed by atoms with Crippen molar-refractivity contribution < 1.29 is 14.7 Å². The Morgan fingerprint density at radius 1 is 1.02 bits per heavy atom. The number of carbonyl (C=O) groups excluding carboxylic acids is 2. The molecule has 1 unspecified atom stereocenters. The predicted molar refractivity (Wildman–Crippen MR) is 161 cm³/mol. The summed E-state index contributed by atoms with van der Waals surface area (Å²) in [5.41, 5.74) is 2.23. The maximum absolute atomic E-state index is 14.0. The number of benzene rings is 3. The first-order valence-electron chi connectivity index (χ1n) is 12.3. The van der Waals surface area contributed by atoms with Crippen molar-refractivity contribution in [2.24, 2.45) is 0 Å². The molecule has 7 nitrogen and oxygen atoms in total. The van der Waals surface area contributed by atoms with Crippen LogP contribution < -0.4 is 4.90 Å².